The van der Waals surface area contributed by atoms with Crippen LogP contribution in [0.2, 0.25) is 0 Å². The molecule has 4 rings (SSSR count). The fourth-order valence-corrected chi connectivity index (χ4v) is 4.84. The molecule has 5 heteroatoms. The van der Waals surface area contributed by atoms with Crippen LogP contribution in [0.4, 0.5) is 9.18 Å². The van der Waals surface area contributed by atoms with Crippen molar-refractivity contribution in [1.82, 2.24) is 9.88 Å². The maximum absolute atomic E-state index is 13.5. The lowest BCUT2D eigenvalue weighted by Gasteiger charge is -2.43. The first-order valence-electron chi connectivity index (χ1n) is 10.9. The van der Waals surface area contributed by atoms with Crippen molar-refractivity contribution in [2.24, 2.45) is 17.8 Å². The number of carbonyl (C=O) groups excluding carboxylic acids is 1. The lowest BCUT2D eigenvalue weighted by Crippen LogP contribution is -2.51. The Kier molecular flexibility index (Phi) is 6.16. The van der Waals surface area contributed by atoms with Gasteiger partial charge >= 0.3 is 6.09 Å². The van der Waals surface area contributed by atoms with E-state index >= 15 is 0 Å². The van der Waals surface area contributed by atoms with E-state index in [1.54, 1.807) is 12.3 Å². The van der Waals surface area contributed by atoms with Gasteiger partial charge in [0.2, 0.25) is 0 Å². The fraction of sp³-hybridized carbons (Fsp3) is 0.440. The molecular weight excluding hydrogens is 379 g/mol. The molecule has 2 aromatic rings. The molecule has 1 amide bonds. The van der Waals surface area contributed by atoms with Gasteiger partial charge in [0.1, 0.15) is 12.4 Å². The molecule has 2 aliphatic rings. The number of amides is 1. The highest BCUT2D eigenvalue weighted by Crippen LogP contribution is 2.40. The summed E-state index contributed by atoms with van der Waals surface area (Å²) in [5.74, 6) is 0.982. The number of aromatic nitrogens is 1. The molecule has 30 heavy (non-hydrogen) atoms. The lowest BCUT2D eigenvalue weighted by atomic mass is 9.72. The van der Waals surface area contributed by atoms with Gasteiger partial charge in [-0.1, -0.05) is 51.0 Å². The van der Waals surface area contributed by atoms with Gasteiger partial charge < -0.3 is 9.64 Å². The van der Waals surface area contributed by atoms with Gasteiger partial charge in [-0.3, -0.25) is 4.98 Å². The normalized spacial score (nSPS) is 26.1. The summed E-state index contributed by atoms with van der Waals surface area (Å²) >= 11 is 0. The van der Waals surface area contributed by atoms with Crippen LogP contribution >= 0.6 is 0 Å². The summed E-state index contributed by atoms with van der Waals surface area (Å²) in [6, 6.07) is 10.6. The van der Waals surface area contributed by atoms with Crippen molar-refractivity contribution in [3.63, 3.8) is 0 Å². The van der Waals surface area contributed by atoms with Crippen molar-refractivity contribution in [3.8, 4) is 11.1 Å². The van der Waals surface area contributed by atoms with Crippen LogP contribution in [-0.4, -0.2) is 35.2 Å². The molecule has 0 spiro atoms. The number of fused-ring (bicyclic) bond motifs is 1. The van der Waals surface area contributed by atoms with Crippen molar-refractivity contribution >= 4 is 12.2 Å². The minimum absolute atomic E-state index is 0.110. The van der Waals surface area contributed by atoms with E-state index in [9.17, 15) is 9.18 Å². The summed E-state index contributed by atoms with van der Waals surface area (Å²) in [4.78, 5) is 18.6. The van der Waals surface area contributed by atoms with Crippen LogP contribution in [0, 0.1) is 23.6 Å². The van der Waals surface area contributed by atoms with E-state index in [4.69, 9.17) is 4.74 Å². The monoisotopic (exact) mass is 408 g/mol. The fourth-order valence-electron chi connectivity index (χ4n) is 4.84. The van der Waals surface area contributed by atoms with Gasteiger partial charge in [-0.15, -0.1) is 0 Å². The third kappa shape index (κ3) is 4.25. The molecule has 158 valence electrons. The third-order valence-electron chi connectivity index (χ3n) is 6.49. The Morgan fingerprint density at radius 3 is 2.87 bits per heavy atom. The lowest BCUT2D eigenvalue weighted by molar-refractivity contribution is 0.0765. The smallest absolute Gasteiger partial charge is 0.410 e. The number of nitrogens with zero attached hydrogens (tertiary/aromatic N) is 2. The van der Waals surface area contributed by atoms with Gasteiger partial charge in [-0.2, -0.15) is 0 Å². The first-order valence-corrected chi connectivity index (χ1v) is 10.9. The highest BCUT2D eigenvalue weighted by atomic mass is 19.1. The van der Waals surface area contributed by atoms with Gasteiger partial charge in [0.15, 0.2) is 0 Å². The molecule has 0 radical (unpaired) electrons. The zero-order valence-corrected chi connectivity index (χ0v) is 17.6. The minimum atomic E-state index is -0.251. The molecule has 4 atom stereocenters. The maximum atomic E-state index is 13.5. The average molecular weight is 409 g/mol. The van der Waals surface area contributed by atoms with Crippen LogP contribution in [0.1, 0.15) is 38.8 Å². The van der Waals surface area contributed by atoms with E-state index in [0.29, 0.717) is 18.4 Å². The third-order valence-corrected chi connectivity index (χ3v) is 6.49. The number of rotatable bonds is 6. The highest BCUT2D eigenvalue weighted by Gasteiger charge is 2.46. The van der Waals surface area contributed by atoms with Crippen molar-refractivity contribution in [3.05, 3.63) is 60.2 Å². The van der Waals surface area contributed by atoms with Crippen LogP contribution in [-0.2, 0) is 4.74 Å². The summed E-state index contributed by atoms with van der Waals surface area (Å²) in [7, 11) is 0. The van der Waals surface area contributed by atoms with E-state index in [1.165, 1.54) is 25.0 Å². The van der Waals surface area contributed by atoms with Crippen LogP contribution in [0.25, 0.3) is 17.2 Å². The van der Waals surface area contributed by atoms with E-state index in [1.807, 2.05) is 23.1 Å². The van der Waals surface area contributed by atoms with Crippen LogP contribution in [0.5, 0.6) is 0 Å². The number of ether oxygens (including phenoxy) is 1. The Hall–Kier alpha value is -2.69. The molecule has 2 aliphatic heterocycles. The average Bonchev–Trinajstić information content (AvgIpc) is 3.11. The van der Waals surface area contributed by atoms with Gasteiger partial charge in [-0.25, -0.2) is 9.18 Å². The molecule has 4 nitrogen and oxygen atoms in total. The number of benzene rings is 1. The number of halogens is 1. The molecule has 3 heterocycles. The maximum Gasteiger partial charge on any atom is 0.410 e. The number of carbonyl (C=O) groups is 1. The summed E-state index contributed by atoms with van der Waals surface area (Å²) in [5.41, 5.74) is 2.56. The van der Waals surface area contributed by atoms with E-state index in [2.05, 4.69) is 31.0 Å². The zero-order valence-electron chi connectivity index (χ0n) is 17.6. The highest BCUT2D eigenvalue weighted by molar-refractivity contribution is 5.70. The van der Waals surface area contributed by atoms with Gasteiger partial charge in [0, 0.05) is 24.2 Å². The second-order valence-corrected chi connectivity index (χ2v) is 8.50. The SMILES string of the molecule is CCCCC1C(C)CN2C(=O)OCC2C1/C=C/c1ccc(-c2cccc(F)c2)cn1. The molecular formula is C25H29FN2O2. The Bertz CT molecular complexity index is 912. The Morgan fingerprint density at radius 1 is 1.27 bits per heavy atom. The first-order chi connectivity index (χ1) is 14.6. The predicted octanol–water partition coefficient (Wildman–Crippen LogP) is 5.79. The number of unbranched alkanes of at least 4 members (excludes halogenated alkanes) is 1. The van der Waals surface area contributed by atoms with Gasteiger partial charge in [0.05, 0.1) is 11.7 Å². The topological polar surface area (TPSA) is 42.4 Å². The number of hydrogen-bond donors (Lipinski definition) is 0. The molecule has 4 unspecified atom stereocenters. The summed E-state index contributed by atoms with van der Waals surface area (Å²) in [5, 5.41) is 0. The number of hydrogen-bond acceptors (Lipinski definition) is 3. The molecule has 0 bridgehead atoms. The molecule has 0 N–H and O–H groups in total. The Morgan fingerprint density at radius 2 is 2.13 bits per heavy atom. The zero-order chi connectivity index (χ0) is 21.1. The van der Waals surface area contributed by atoms with E-state index in [-0.39, 0.29) is 23.9 Å². The molecule has 0 aliphatic carbocycles. The standard InChI is InChI=1S/C25H29FN2O2/c1-3-4-8-22-17(2)15-28-24(16-30-25(28)29)23(22)12-11-21-10-9-19(14-27-21)18-6-5-7-20(26)13-18/h5-7,9-14,17,22-24H,3-4,8,15-16H2,1-2H3/b12-11+. The second kappa shape index (κ2) is 8.99. The summed E-state index contributed by atoms with van der Waals surface area (Å²) in [6.45, 7) is 5.71. The first kappa shape index (κ1) is 20.6. The van der Waals surface area contributed by atoms with Crippen molar-refractivity contribution in [2.75, 3.05) is 13.2 Å². The largest absolute Gasteiger partial charge is 0.447 e. The van der Waals surface area contributed by atoms with Crippen molar-refractivity contribution < 1.29 is 13.9 Å². The minimum Gasteiger partial charge on any atom is -0.447 e. The molecule has 1 aromatic carbocycles. The number of cyclic esters (lactones) is 1. The Balaban J connectivity index is 1.54. The van der Waals surface area contributed by atoms with Gasteiger partial charge in [0.25, 0.3) is 0 Å². The predicted molar refractivity (Wildman–Crippen MR) is 116 cm³/mol. The second-order valence-electron chi connectivity index (χ2n) is 8.50. The quantitative estimate of drug-likeness (QED) is 0.607. The number of piperidine rings is 1. The van der Waals surface area contributed by atoms with Gasteiger partial charge in [-0.05, 0) is 48.1 Å². The van der Waals surface area contributed by atoms with Crippen molar-refractivity contribution in [1.29, 1.82) is 0 Å². The summed E-state index contributed by atoms with van der Waals surface area (Å²) < 4.78 is 18.8. The van der Waals surface area contributed by atoms with Crippen LogP contribution in [0.3, 0.4) is 0 Å². The van der Waals surface area contributed by atoms with E-state index in [0.717, 1.165) is 29.8 Å². The van der Waals surface area contributed by atoms with E-state index < -0.39 is 0 Å². The molecule has 2 fully saturated rings. The number of pyridine rings is 1. The van der Waals surface area contributed by atoms with Crippen LogP contribution in [0.15, 0.2) is 48.7 Å². The molecule has 0 saturated carbocycles. The molecule has 1 aromatic heterocycles. The summed E-state index contributed by atoms with van der Waals surface area (Å²) in [6.07, 6.45) is 9.40. The Labute approximate surface area is 177 Å². The van der Waals surface area contributed by atoms with Crippen LogP contribution < -0.4 is 0 Å². The molecule has 2 saturated heterocycles. The van der Waals surface area contributed by atoms with Crippen molar-refractivity contribution in [2.45, 2.75) is 39.2 Å².